The SMILES string of the molecule is Cc1nc2cnc3c(cc(C(=O)O)c(=O)n3CC(=O)N3CC(C)(F)C3)c2n1C. The summed E-state index contributed by atoms with van der Waals surface area (Å²) in [5.74, 6) is -1.17. The zero-order valence-corrected chi connectivity index (χ0v) is 15.6. The number of amides is 1. The highest BCUT2D eigenvalue weighted by Crippen LogP contribution is 2.26. The van der Waals surface area contributed by atoms with Gasteiger partial charge < -0.3 is 14.6 Å². The number of likely N-dealkylation sites (tertiary alicyclic amines) is 1. The van der Waals surface area contributed by atoms with E-state index in [0.717, 1.165) is 4.57 Å². The molecule has 0 aliphatic carbocycles. The van der Waals surface area contributed by atoms with Crippen LogP contribution in [0.15, 0.2) is 17.1 Å². The number of aromatic carboxylic acids is 1. The monoisotopic (exact) mass is 387 g/mol. The maximum absolute atomic E-state index is 13.7. The second-order valence-electron chi connectivity index (χ2n) is 7.36. The summed E-state index contributed by atoms with van der Waals surface area (Å²) in [6.45, 7) is 2.65. The predicted molar refractivity (Wildman–Crippen MR) is 98.1 cm³/mol. The molecule has 146 valence electrons. The molecule has 28 heavy (non-hydrogen) atoms. The Morgan fingerprint density at radius 2 is 2.04 bits per heavy atom. The summed E-state index contributed by atoms with van der Waals surface area (Å²) in [5, 5.41) is 9.87. The lowest BCUT2D eigenvalue weighted by Crippen LogP contribution is -2.60. The molecule has 1 aliphatic heterocycles. The topological polar surface area (TPSA) is 110 Å². The highest BCUT2D eigenvalue weighted by Gasteiger charge is 2.41. The summed E-state index contributed by atoms with van der Waals surface area (Å²) in [6.07, 6.45) is 1.48. The summed E-state index contributed by atoms with van der Waals surface area (Å²) >= 11 is 0. The number of fused-ring (bicyclic) bond motifs is 3. The molecule has 4 rings (SSSR count). The van der Waals surface area contributed by atoms with Crippen molar-refractivity contribution in [1.29, 1.82) is 0 Å². The largest absolute Gasteiger partial charge is 0.477 e. The maximum atomic E-state index is 13.7. The van der Waals surface area contributed by atoms with E-state index in [1.165, 1.54) is 24.1 Å². The van der Waals surface area contributed by atoms with E-state index in [1.807, 2.05) is 0 Å². The van der Waals surface area contributed by atoms with Crippen molar-refractivity contribution in [3.63, 3.8) is 0 Å². The van der Waals surface area contributed by atoms with Crippen molar-refractivity contribution in [2.75, 3.05) is 13.1 Å². The molecule has 0 unspecified atom stereocenters. The van der Waals surface area contributed by atoms with E-state index in [9.17, 15) is 23.9 Å². The molecule has 0 saturated carbocycles. The Balaban J connectivity index is 1.92. The average molecular weight is 387 g/mol. The lowest BCUT2D eigenvalue weighted by Gasteiger charge is -2.42. The third-order valence-corrected chi connectivity index (χ3v) is 5.09. The van der Waals surface area contributed by atoms with Crippen LogP contribution in [0.1, 0.15) is 23.1 Å². The number of imidazole rings is 1. The third kappa shape index (κ3) is 2.63. The number of hydrogen-bond donors (Lipinski definition) is 1. The van der Waals surface area contributed by atoms with Crippen molar-refractivity contribution in [2.45, 2.75) is 26.1 Å². The summed E-state index contributed by atoms with van der Waals surface area (Å²) in [4.78, 5) is 46.7. The smallest absolute Gasteiger partial charge is 0.341 e. The fraction of sp³-hybridized carbons (Fsp3) is 0.389. The molecule has 3 aromatic rings. The van der Waals surface area contributed by atoms with Gasteiger partial charge in [0.05, 0.1) is 24.8 Å². The molecule has 4 heterocycles. The highest BCUT2D eigenvalue weighted by atomic mass is 19.1. The van der Waals surface area contributed by atoms with Gasteiger partial charge in [-0.2, -0.15) is 0 Å². The lowest BCUT2D eigenvalue weighted by atomic mass is 9.99. The van der Waals surface area contributed by atoms with Crippen LogP contribution in [0.2, 0.25) is 0 Å². The predicted octanol–water partition coefficient (Wildman–Crippen LogP) is 0.860. The molecular weight excluding hydrogens is 369 g/mol. The highest BCUT2D eigenvalue weighted by molar-refractivity contribution is 6.04. The van der Waals surface area contributed by atoms with Crippen LogP contribution in [-0.4, -0.2) is 59.7 Å². The van der Waals surface area contributed by atoms with Crippen molar-refractivity contribution < 1.29 is 19.1 Å². The van der Waals surface area contributed by atoms with E-state index >= 15 is 0 Å². The third-order valence-electron chi connectivity index (χ3n) is 5.09. The standard InChI is InChI=1S/C18H18FN5O4/c1-9-21-12-5-20-15-10(14(12)22(9)3)4-11(17(27)28)16(26)24(15)6-13(25)23-7-18(2,19)8-23/h4-5H,6-8H2,1-3H3,(H,27,28). The minimum Gasteiger partial charge on any atom is -0.477 e. The number of alkyl halides is 1. The number of carboxylic acid groups (broad SMARTS) is 1. The molecule has 0 aromatic carbocycles. The first-order valence-electron chi connectivity index (χ1n) is 8.64. The van der Waals surface area contributed by atoms with E-state index in [4.69, 9.17) is 0 Å². The Bertz CT molecular complexity index is 1220. The Hall–Kier alpha value is -3.30. The number of aryl methyl sites for hydroxylation is 2. The van der Waals surface area contributed by atoms with E-state index < -0.39 is 35.2 Å². The summed E-state index contributed by atoms with van der Waals surface area (Å²) < 4.78 is 16.5. The van der Waals surface area contributed by atoms with E-state index in [1.54, 1.807) is 18.5 Å². The Morgan fingerprint density at radius 3 is 2.64 bits per heavy atom. The zero-order valence-electron chi connectivity index (χ0n) is 15.6. The van der Waals surface area contributed by atoms with Crippen molar-refractivity contribution in [3.05, 3.63) is 34.0 Å². The fourth-order valence-electron chi connectivity index (χ4n) is 3.60. The normalized spacial score (nSPS) is 15.8. The quantitative estimate of drug-likeness (QED) is 0.714. The van der Waals surface area contributed by atoms with E-state index in [2.05, 4.69) is 9.97 Å². The molecule has 1 saturated heterocycles. The number of aromatic nitrogens is 4. The van der Waals surface area contributed by atoms with E-state index in [0.29, 0.717) is 22.2 Å². The van der Waals surface area contributed by atoms with Crippen LogP contribution in [-0.2, 0) is 18.4 Å². The molecule has 9 nitrogen and oxygen atoms in total. The van der Waals surface area contributed by atoms with Gasteiger partial charge in [0.2, 0.25) is 5.91 Å². The van der Waals surface area contributed by atoms with Crippen molar-refractivity contribution in [3.8, 4) is 0 Å². The lowest BCUT2D eigenvalue weighted by molar-refractivity contribution is -0.144. The van der Waals surface area contributed by atoms with Crippen molar-refractivity contribution >= 4 is 33.9 Å². The number of carboxylic acids is 1. The number of halogens is 1. The van der Waals surface area contributed by atoms with Crippen LogP contribution in [0.5, 0.6) is 0 Å². The summed E-state index contributed by atoms with van der Waals surface area (Å²) in [6, 6.07) is 1.26. The molecule has 10 heteroatoms. The molecular formula is C18H18FN5O4. The number of carbonyl (C=O) groups excluding carboxylic acids is 1. The second kappa shape index (κ2) is 5.85. The molecule has 1 aliphatic rings. The Kier molecular flexibility index (Phi) is 3.78. The zero-order chi connectivity index (χ0) is 20.4. The number of rotatable bonds is 3. The van der Waals surface area contributed by atoms with Gasteiger partial charge in [0.25, 0.3) is 5.56 Å². The first-order chi connectivity index (χ1) is 13.1. The van der Waals surface area contributed by atoms with Gasteiger partial charge in [0, 0.05) is 12.4 Å². The van der Waals surface area contributed by atoms with Crippen LogP contribution in [0.4, 0.5) is 4.39 Å². The number of hydrogen-bond acceptors (Lipinski definition) is 5. The van der Waals surface area contributed by atoms with Gasteiger partial charge in [-0.05, 0) is 19.9 Å². The van der Waals surface area contributed by atoms with Crippen LogP contribution < -0.4 is 5.56 Å². The van der Waals surface area contributed by atoms with E-state index in [-0.39, 0.29) is 18.7 Å². The van der Waals surface area contributed by atoms with Gasteiger partial charge in [-0.15, -0.1) is 0 Å². The molecule has 1 N–H and O–H groups in total. The molecule has 0 bridgehead atoms. The van der Waals surface area contributed by atoms with Gasteiger partial charge in [0.15, 0.2) is 0 Å². The average Bonchev–Trinajstić information content (AvgIpc) is 2.89. The first-order valence-corrected chi connectivity index (χ1v) is 8.64. The molecule has 1 amide bonds. The Morgan fingerprint density at radius 1 is 1.36 bits per heavy atom. The number of carbonyl (C=O) groups is 2. The van der Waals surface area contributed by atoms with Gasteiger partial charge in [0.1, 0.15) is 34.8 Å². The minimum atomic E-state index is -1.44. The van der Waals surface area contributed by atoms with Crippen molar-refractivity contribution in [2.24, 2.45) is 7.05 Å². The number of pyridine rings is 2. The summed E-state index contributed by atoms with van der Waals surface area (Å²) in [7, 11) is 1.77. The van der Waals surface area contributed by atoms with Gasteiger partial charge in [-0.1, -0.05) is 0 Å². The minimum absolute atomic E-state index is 0.0598. The number of nitrogens with zero attached hydrogens (tertiary/aromatic N) is 5. The second-order valence-corrected chi connectivity index (χ2v) is 7.36. The van der Waals surface area contributed by atoms with Gasteiger partial charge in [-0.25, -0.2) is 19.2 Å². The van der Waals surface area contributed by atoms with Crippen LogP contribution in [0.25, 0.3) is 22.1 Å². The van der Waals surface area contributed by atoms with Crippen molar-refractivity contribution in [1.82, 2.24) is 24.0 Å². The van der Waals surface area contributed by atoms with Crippen LogP contribution in [0, 0.1) is 6.92 Å². The molecule has 0 radical (unpaired) electrons. The molecule has 3 aromatic heterocycles. The maximum Gasteiger partial charge on any atom is 0.341 e. The molecule has 1 fully saturated rings. The molecule has 0 spiro atoms. The molecule has 0 atom stereocenters. The van der Waals surface area contributed by atoms with Gasteiger partial charge >= 0.3 is 5.97 Å². The Labute approximate surface area is 158 Å². The fourth-order valence-corrected chi connectivity index (χ4v) is 3.60. The first kappa shape index (κ1) is 18.1. The van der Waals surface area contributed by atoms with Gasteiger partial charge in [-0.3, -0.25) is 14.2 Å². The summed E-state index contributed by atoms with van der Waals surface area (Å²) in [5.41, 5.74) is -1.39. The van der Waals surface area contributed by atoms with Crippen LogP contribution >= 0.6 is 0 Å². The van der Waals surface area contributed by atoms with Crippen LogP contribution in [0.3, 0.4) is 0 Å².